The van der Waals surface area contributed by atoms with Crippen molar-refractivity contribution in [3.05, 3.63) is 17.4 Å². The van der Waals surface area contributed by atoms with Crippen LogP contribution >= 0.6 is 11.8 Å². The second-order valence-electron chi connectivity index (χ2n) is 8.13. The van der Waals surface area contributed by atoms with E-state index in [1.165, 1.54) is 30.7 Å². The molecule has 1 amide bonds. The summed E-state index contributed by atoms with van der Waals surface area (Å²) in [7, 11) is 0. The summed E-state index contributed by atoms with van der Waals surface area (Å²) < 4.78 is 30.6. The van der Waals surface area contributed by atoms with Gasteiger partial charge in [0.15, 0.2) is 5.82 Å². The Labute approximate surface area is 176 Å². The molecule has 0 spiro atoms. The molecule has 3 aliphatic rings. The lowest BCUT2D eigenvalue weighted by Gasteiger charge is -2.30. The van der Waals surface area contributed by atoms with Gasteiger partial charge < -0.3 is 15.5 Å². The van der Waals surface area contributed by atoms with E-state index in [2.05, 4.69) is 10.0 Å². The van der Waals surface area contributed by atoms with Gasteiger partial charge in [-0.2, -0.15) is 0 Å². The van der Waals surface area contributed by atoms with E-state index in [0.29, 0.717) is 16.9 Å². The van der Waals surface area contributed by atoms with Gasteiger partial charge in [-0.15, -0.1) is 11.8 Å². The van der Waals surface area contributed by atoms with Gasteiger partial charge in [-0.05, 0) is 43.7 Å². The third kappa shape index (κ3) is 4.12. The van der Waals surface area contributed by atoms with Gasteiger partial charge >= 0.3 is 0 Å². The van der Waals surface area contributed by atoms with Crippen LogP contribution in [0.5, 0.6) is 5.75 Å². The highest BCUT2D eigenvalue weighted by molar-refractivity contribution is 7.99. The molecule has 2 atom stereocenters. The molecule has 4 rings (SSSR count). The number of hydrogen-bond acceptors (Lipinski definition) is 6. The summed E-state index contributed by atoms with van der Waals surface area (Å²) in [5.74, 6) is -0.645. The third-order valence-electron chi connectivity index (χ3n) is 6.20. The van der Waals surface area contributed by atoms with Crippen LogP contribution < -0.4 is 14.3 Å². The van der Waals surface area contributed by atoms with Crippen molar-refractivity contribution in [1.29, 1.82) is 0 Å². The Morgan fingerprint density at radius 2 is 2.17 bits per heavy atom. The first-order valence-corrected chi connectivity index (χ1v) is 12.0. The van der Waals surface area contributed by atoms with E-state index in [0.717, 1.165) is 35.9 Å². The fourth-order valence-electron chi connectivity index (χ4n) is 4.52. The Hall–Kier alpha value is -1.36. The van der Waals surface area contributed by atoms with E-state index in [4.69, 9.17) is 0 Å². The number of phenols is 1. The predicted molar refractivity (Wildman–Crippen MR) is 111 cm³/mol. The quantitative estimate of drug-likeness (QED) is 0.533. The van der Waals surface area contributed by atoms with Crippen molar-refractivity contribution in [2.24, 2.45) is 5.41 Å². The summed E-state index contributed by atoms with van der Waals surface area (Å²) in [5.41, 5.74) is 0.309. The van der Waals surface area contributed by atoms with Crippen LogP contribution in [0.3, 0.4) is 0 Å². The Morgan fingerprint density at radius 3 is 2.83 bits per heavy atom. The van der Waals surface area contributed by atoms with Crippen molar-refractivity contribution in [1.82, 2.24) is 10.0 Å². The number of benzene rings is 1. The van der Waals surface area contributed by atoms with Crippen LogP contribution in [0, 0.1) is 11.2 Å². The number of fused-ring (bicyclic) bond motifs is 1. The number of phenolic OH excluding ortho intramolecular Hbond substituents is 1. The standard InChI is InChI=1S/C19H26FN3O4S2/c20-17-13-7-12(21-6-5-19(11-24)3-1-2-4-19)10-28-15(13)8-14(25)18(17)23-9-16(26)22-29(23)27/h8,12,21,24-25H,1-7,9-11H2,(H,22,26). The minimum Gasteiger partial charge on any atom is -0.506 e. The lowest BCUT2D eigenvalue weighted by molar-refractivity contribution is -0.117. The number of rotatable bonds is 6. The van der Waals surface area contributed by atoms with Crippen LogP contribution in [0.15, 0.2) is 11.0 Å². The molecule has 4 N–H and O–H groups in total. The molecule has 1 aromatic carbocycles. The molecule has 0 radical (unpaired) electrons. The normalized spacial score (nSPS) is 25.9. The minimum atomic E-state index is -1.90. The van der Waals surface area contributed by atoms with E-state index in [1.807, 2.05) is 0 Å². The number of carbonyl (C=O) groups excluding carboxylic acids is 1. The summed E-state index contributed by atoms with van der Waals surface area (Å²) in [6.07, 6.45) is 5.81. The summed E-state index contributed by atoms with van der Waals surface area (Å²) in [6, 6.07) is 1.56. The highest BCUT2D eigenvalue weighted by Gasteiger charge is 2.35. The molecule has 1 saturated carbocycles. The first kappa shape index (κ1) is 20.9. The number of nitrogens with zero attached hydrogens (tertiary/aromatic N) is 1. The zero-order valence-corrected chi connectivity index (χ0v) is 17.7. The monoisotopic (exact) mass is 443 g/mol. The van der Waals surface area contributed by atoms with Crippen molar-refractivity contribution in [2.75, 3.05) is 29.8 Å². The van der Waals surface area contributed by atoms with Crippen LogP contribution in [0.2, 0.25) is 0 Å². The summed E-state index contributed by atoms with van der Waals surface area (Å²) in [6.45, 7) is 0.726. The molecule has 0 aromatic heterocycles. The number of anilines is 1. The summed E-state index contributed by atoms with van der Waals surface area (Å²) >= 11 is -0.420. The molecular formula is C19H26FN3O4S2. The van der Waals surface area contributed by atoms with Crippen LogP contribution in [0.1, 0.15) is 37.7 Å². The zero-order chi connectivity index (χ0) is 20.6. The Balaban J connectivity index is 1.46. The summed E-state index contributed by atoms with van der Waals surface area (Å²) in [5, 5.41) is 23.5. The molecule has 29 heavy (non-hydrogen) atoms. The SMILES string of the molecule is O=C1CN(c2c(O)cc3c(c2F)CC(NCCC2(CO)CCCC2)CS3)S(=O)N1. The Morgan fingerprint density at radius 1 is 1.41 bits per heavy atom. The third-order valence-corrected chi connectivity index (χ3v) is 8.56. The van der Waals surface area contributed by atoms with Gasteiger partial charge in [-0.25, -0.2) is 8.60 Å². The van der Waals surface area contributed by atoms with Crippen LogP contribution in [-0.2, 0) is 22.4 Å². The number of hydrogen-bond donors (Lipinski definition) is 4. The molecule has 160 valence electrons. The molecule has 2 fully saturated rings. The van der Waals surface area contributed by atoms with Crippen LogP contribution in [0.4, 0.5) is 10.1 Å². The topological polar surface area (TPSA) is 102 Å². The number of nitrogens with one attached hydrogen (secondary N) is 2. The van der Waals surface area contributed by atoms with Gasteiger partial charge in [0, 0.05) is 28.9 Å². The Bertz CT molecular complexity index is 832. The van der Waals surface area contributed by atoms with Gasteiger partial charge in [0.2, 0.25) is 11.2 Å². The van der Waals surface area contributed by atoms with Gasteiger partial charge in [0.1, 0.15) is 18.0 Å². The lowest BCUT2D eigenvalue weighted by atomic mass is 9.83. The molecule has 1 aromatic rings. The smallest absolute Gasteiger partial charge is 0.253 e. The fraction of sp³-hybridized carbons (Fsp3) is 0.632. The summed E-state index contributed by atoms with van der Waals surface area (Å²) in [4.78, 5) is 12.2. The first-order chi connectivity index (χ1) is 13.9. The largest absolute Gasteiger partial charge is 0.506 e. The fourth-order valence-corrected chi connectivity index (χ4v) is 6.62. The Kier molecular flexibility index (Phi) is 6.06. The minimum absolute atomic E-state index is 0.0241. The molecule has 10 heteroatoms. The van der Waals surface area contributed by atoms with Gasteiger partial charge in [0.25, 0.3) is 5.91 Å². The predicted octanol–water partition coefficient (Wildman–Crippen LogP) is 1.60. The molecule has 7 nitrogen and oxygen atoms in total. The molecule has 2 aliphatic heterocycles. The number of thioether (sulfide) groups is 1. The lowest BCUT2D eigenvalue weighted by Crippen LogP contribution is -2.39. The average molecular weight is 444 g/mol. The van der Waals surface area contributed by atoms with Crippen LogP contribution in [0.25, 0.3) is 0 Å². The van der Waals surface area contributed by atoms with E-state index in [9.17, 15) is 19.2 Å². The van der Waals surface area contributed by atoms with Crippen molar-refractivity contribution < 1.29 is 23.6 Å². The molecule has 0 bridgehead atoms. The molecule has 2 unspecified atom stereocenters. The van der Waals surface area contributed by atoms with E-state index < -0.39 is 22.9 Å². The molecule has 1 aliphatic carbocycles. The average Bonchev–Trinajstić information content (AvgIpc) is 3.29. The highest BCUT2D eigenvalue weighted by Crippen LogP contribution is 2.43. The van der Waals surface area contributed by atoms with E-state index in [1.54, 1.807) is 0 Å². The highest BCUT2D eigenvalue weighted by atomic mass is 32.2. The second-order valence-corrected chi connectivity index (χ2v) is 10.3. The number of aliphatic hydroxyl groups excluding tert-OH is 1. The van der Waals surface area contributed by atoms with Gasteiger partial charge in [0.05, 0.1) is 0 Å². The molecular weight excluding hydrogens is 417 g/mol. The molecule has 1 saturated heterocycles. The van der Waals surface area contributed by atoms with E-state index >= 15 is 4.39 Å². The maximum absolute atomic E-state index is 15.3. The molecule has 2 heterocycles. The second kappa shape index (κ2) is 8.41. The van der Waals surface area contributed by atoms with Gasteiger partial charge in [-0.3, -0.25) is 13.8 Å². The number of halogens is 1. The maximum atomic E-state index is 15.3. The van der Waals surface area contributed by atoms with Crippen molar-refractivity contribution in [3.8, 4) is 5.75 Å². The number of aliphatic hydroxyl groups is 1. The van der Waals surface area contributed by atoms with Crippen molar-refractivity contribution in [3.63, 3.8) is 0 Å². The van der Waals surface area contributed by atoms with Gasteiger partial charge in [-0.1, -0.05) is 12.8 Å². The van der Waals surface area contributed by atoms with Crippen molar-refractivity contribution >= 4 is 34.5 Å². The van der Waals surface area contributed by atoms with Crippen LogP contribution in [-0.4, -0.2) is 51.8 Å². The zero-order valence-electron chi connectivity index (χ0n) is 16.1. The maximum Gasteiger partial charge on any atom is 0.253 e. The number of aromatic hydroxyl groups is 1. The number of amides is 1. The van der Waals surface area contributed by atoms with E-state index in [-0.39, 0.29) is 36.0 Å². The van der Waals surface area contributed by atoms with Crippen molar-refractivity contribution in [2.45, 2.75) is 49.5 Å². The first-order valence-electron chi connectivity index (χ1n) is 9.93. The number of carbonyl (C=O) groups is 1.